The van der Waals surface area contributed by atoms with Gasteiger partial charge in [0.2, 0.25) is 0 Å². The third-order valence-corrected chi connectivity index (χ3v) is 7.55. The Morgan fingerprint density at radius 2 is 1.54 bits per heavy atom. The van der Waals surface area contributed by atoms with Crippen LogP contribution < -0.4 is 0 Å². The number of aliphatic imine (C=N–C) groups is 1. The van der Waals surface area contributed by atoms with Crippen LogP contribution in [-0.4, -0.2) is 10.7 Å². The van der Waals surface area contributed by atoms with Gasteiger partial charge in [0.25, 0.3) is 0 Å². The maximum atomic E-state index is 5.04. The molecule has 4 aromatic carbocycles. The number of aryl methyl sites for hydroxylation is 1. The summed E-state index contributed by atoms with van der Waals surface area (Å²) in [5.41, 5.74) is 13.2. The topological polar surface area (TPSA) is 25.2 Å². The molecule has 0 fully saturated rings. The zero-order chi connectivity index (χ0) is 24.9. The predicted octanol–water partition coefficient (Wildman–Crippen LogP) is 8.91. The number of para-hydroxylation sites is 1. The summed E-state index contributed by atoms with van der Waals surface area (Å²) in [4.78, 5) is 9.95. The van der Waals surface area contributed by atoms with Gasteiger partial charge in [-0.1, -0.05) is 91.0 Å². The lowest BCUT2D eigenvalue weighted by molar-refractivity contribution is 1.09. The number of fused-ring (bicyclic) bond motifs is 6. The molecule has 0 bridgehead atoms. The highest BCUT2D eigenvalue weighted by atomic mass is 14.9. The first kappa shape index (κ1) is 21.7. The molecular formula is C35H26N2. The Hall–Kier alpha value is -4.56. The lowest BCUT2D eigenvalue weighted by atomic mass is 9.77. The first-order valence-corrected chi connectivity index (χ1v) is 12.8. The molecule has 0 saturated carbocycles. The summed E-state index contributed by atoms with van der Waals surface area (Å²) in [6.45, 7) is 4.23. The summed E-state index contributed by atoms with van der Waals surface area (Å²) in [5.74, 6) is 0.966. The smallest absolute Gasteiger partial charge is 0.157 e. The third-order valence-electron chi connectivity index (χ3n) is 7.55. The van der Waals surface area contributed by atoms with Gasteiger partial charge in [0, 0.05) is 10.9 Å². The molecule has 2 aliphatic rings. The van der Waals surface area contributed by atoms with Gasteiger partial charge in [-0.05, 0) is 82.6 Å². The van der Waals surface area contributed by atoms with E-state index >= 15 is 0 Å². The second kappa shape index (κ2) is 8.53. The van der Waals surface area contributed by atoms with E-state index in [-0.39, 0.29) is 5.92 Å². The molecular weight excluding hydrogens is 448 g/mol. The van der Waals surface area contributed by atoms with Crippen molar-refractivity contribution in [3.05, 3.63) is 143 Å². The van der Waals surface area contributed by atoms with Crippen LogP contribution in [0.25, 0.3) is 33.7 Å². The molecule has 1 unspecified atom stereocenters. The maximum Gasteiger partial charge on any atom is 0.157 e. The Labute approximate surface area is 217 Å². The fourth-order valence-corrected chi connectivity index (χ4v) is 5.76. The van der Waals surface area contributed by atoms with Crippen molar-refractivity contribution in [1.82, 2.24) is 4.98 Å². The van der Waals surface area contributed by atoms with Crippen molar-refractivity contribution in [3.63, 3.8) is 0 Å². The van der Waals surface area contributed by atoms with E-state index in [2.05, 4.69) is 123 Å². The average molecular weight is 475 g/mol. The van der Waals surface area contributed by atoms with E-state index in [1.54, 1.807) is 0 Å². The quantitative estimate of drug-likeness (QED) is 0.256. The molecule has 1 aliphatic heterocycles. The minimum atomic E-state index is 0.122. The van der Waals surface area contributed by atoms with Crippen LogP contribution in [0.1, 0.15) is 46.2 Å². The summed E-state index contributed by atoms with van der Waals surface area (Å²) < 4.78 is 0. The molecule has 5 aromatic rings. The Kier molecular flexibility index (Phi) is 5.00. The Bertz CT molecular complexity index is 1800. The van der Waals surface area contributed by atoms with Crippen LogP contribution >= 0.6 is 0 Å². The van der Waals surface area contributed by atoms with Gasteiger partial charge in [0.15, 0.2) is 5.82 Å². The number of benzene rings is 4. The fraction of sp³-hybridized carbons (Fsp3) is 0.0857. The van der Waals surface area contributed by atoms with Gasteiger partial charge < -0.3 is 0 Å². The molecule has 37 heavy (non-hydrogen) atoms. The third kappa shape index (κ3) is 3.56. The van der Waals surface area contributed by atoms with Crippen LogP contribution in [0, 0.1) is 6.92 Å². The SMILES string of the molecule is C/C=C\c1ccc(-c2cccc(C3=CC4=Nc5nc6ccccc6cc5C4c4ccccc43)c2)cc1C. The number of pyridine rings is 1. The summed E-state index contributed by atoms with van der Waals surface area (Å²) in [7, 11) is 0. The molecule has 0 spiro atoms. The Morgan fingerprint density at radius 1 is 0.730 bits per heavy atom. The molecule has 2 heterocycles. The zero-order valence-electron chi connectivity index (χ0n) is 20.9. The van der Waals surface area contributed by atoms with E-state index in [0.29, 0.717) is 0 Å². The Balaban J connectivity index is 1.35. The molecule has 176 valence electrons. The van der Waals surface area contributed by atoms with Gasteiger partial charge in [-0.15, -0.1) is 0 Å². The second-order valence-corrected chi connectivity index (χ2v) is 9.86. The van der Waals surface area contributed by atoms with Crippen LogP contribution in [0.4, 0.5) is 5.82 Å². The number of allylic oxidation sites excluding steroid dienone is 2. The van der Waals surface area contributed by atoms with Crippen LogP contribution in [0.3, 0.4) is 0 Å². The first-order valence-electron chi connectivity index (χ1n) is 12.8. The van der Waals surface area contributed by atoms with Crippen LogP contribution in [0.15, 0.2) is 114 Å². The summed E-state index contributed by atoms with van der Waals surface area (Å²) in [6.07, 6.45) is 6.53. The summed E-state index contributed by atoms with van der Waals surface area (Å²) >= 11 is 0. The summed E-state index contributed by atoms with van der Waals surface area (Å²) in [6, 6.07) is 34.9. The van der Waals surface area contributed by atoms with E-state index in [1.807, 2.05) is 6.07 Å². The van der Waals surface area contributed by atoms with E-state index in [9.17, 15) is 0 Å². The number of aromatic nitrogens is 1. The highest BCUT2D eigenvalue weighted by Crippen LogP contribution is 2.47. The van der Waals surface area contributed by atoms with E-state index in [4.69, 9.17) is 9.98 Å². The average Bonchev–Trinajstić information content (AvgIpc) is 3.30. The highest BCUT2D eigenvalue weighted by molar-refractivity contribution is 6.16. The zero-order valence-corrected chi connectivity index (χ0v) is 20.9. The summed E-state index contributed by atoms with van der Waals surface area (Å²) in [5, 5.41) is 1.16. The maximum absolute atomic E-state index is 5.04. The monoisotopic (exact) mass is 474 g/mol. The molecule has 1 atom stereocenters. The van der Waals surface area contributed by atoms with Gasteiger partial charge in [0.05, 0.1) is 17.1 Å². The molecule has 0 radical (unpaired) electrons. The van der Waals surface area contributed by atoms with E-state index in [1.165, 1.54) is 50.1 Å². The fourth-order valence-electron chi connectivity index (χ4n) is 5.76. The predicted molar refractivity (Wildman–Crippen MR) is 156 cm³/mol. The van der Waals surface area contributed by atoms with Crippen molar-refractivity contribution in [2.75, 3.05) is 0 Å². The van der Waals surface area contributed by atoms with Gasteiger partial charge >= 0.3 is 0 Å². The van der Waals surface area contributed by atoms with Crippen molar-refractivity contribution in [2.45, 2.75) is 19.8 Å². The van der Waals surface area contributed by atoms with Gasteiger partial charge in [-0.3, -0.25) is 0 Å². The molecule has 0 saturated heterocycles. The standard InChI is InChI=1S/C35H26N2/c1-3-9-23-16-17-25(18-22(23)2)24-11-8-12-26(19-24)30-21-33-34(29-14-6-5-13-28(29)30)31-20-27-10-4-7-15-32(27)36-35(31)37-33/h3-21,34H,1-2H3/b9-3-. The molecule has 1 aromatic heterocycles. The van der Waals surface area contributed by atoms with E-state index < -0.39 is 0 Å². The van der Waals surface area contributed by atoms with Crippen LogP contribution in [-0.2, 0) is 0 Å². The number of hydrogen-bond donors (Lipinski definition) is 0. The minimum Gasteiger partial charge on any atom is -0.232 e. The van der Waals surface area contributed by atoms with Gasteiger partial charge in [-0.25, -0.2) is 9.98 Å². The molecule has 1 aliphatic carbocycles. The number of rotatable bonds is 3. The molecule has 2 nitrogen and oxygen atoms in total. The minimum absolute atomic E-state index is 0.122. The highest BCUT2D eigenvalue weighted by Gasteiger charge is 2.34. The first-order chi connectivity index (χ1) is 18.2. The molecule has 0 amide bonds. The number of nitrogens with zero attached hydrogens (tertiary/aromatic N) is 2. The lowest BCUT2D eigenvalue weighted by Crippen LogP contribution is -2.15. The second-order valence-electron chi connectivity index (χ2n) is 9.86. The van der Waals surface area contributed by atoms with Crippen molar-refractivity contribution in [2.24, 2.45) is 4.99 Å². The van der Waals surface area contributed by atoms with Crippen molar-refractivity contribution < 1.29 is 0 Å². The van der Waals surface area contributed by atoms with Crippen LogP contribution in [0.5, 0.6) is 0 Å². The largest absolute Gasteiger partial charge is 0.232 e. The molecule has 7 rings (SSSR count). The number of hydrogen-bond acceptors (Lipinski definition) is 2. The van der Waals surface area contributed by atoms with Crippen LogP contribution in [0.2, 0.25) is 0 Å². The van der Waals surface area contributed by atoms with Crippen molar-refractivity contribution in [1.29, 1.82) is 0 Å². The van der Waals surface area contributed by atoms with Gasteiger partial charge in [0.1, 0.15) is 0 Å². The lowest BCUT2D eigenvalue weighted by Gasteiger charge is -2.25. The normalized spacial score (nSPS) is 15.8. The molecule has 2 heteroatoms. The van der Waals surface area contributed by atoms with Crippen molar-refractivity contribution in [3.8, 4) is 11.1 Å². The van der Waals surface area contributed by atoms with E-state index in [0.717, 1.165) is 22.4 Å². The molecule has 0 N–H and O–H groups in total. The van der Waals surface area contributed by atoms with Crippen molar-refractivity contribution >= 4 is 34.1 Å². The Morgan fingerprint density at radius 3 is 2.43 bits per heavy atom. The van der Waals surface area contributed by atoms with Gasteiger partial charge in [-0.2, -0.15) is 0 Å².